The van der Waals surface area contributed by atoms with Crippen LogP contribution in [-0.2, 0) is 6.18 Å². The van der Waals surface area contributed by atoms with Crippen LogP contribution in [0.4, 0.5) is 13.2 Å². The summed E-state index contributed by atoms with van der Waals surface area (Å²) in [6, 6.07) is 10.1. The van der Waals surface area contributed by atoms with Crippen molar-refractivity contribution in [2.75, 3.05) is 0 Å². The lowest BCUT2D eigenvalue weighted by Crippen LogP contribution is -2.22. The van der Waals surface area contributed by atoms with Gasteiger partial charge in [-0.2, -0.15) is 13.2 Å². The van der Waals surface area contributed by atoms with E-state index in [1.54, 1.807) is 18.3 Å². The number of hydrogen-bond acceptors (Lipinski definition) is 3. The van der Waals surface area contributed by atoms with Gasteiger partial charge >= 0.3 is 6.18 Å². The first kappa shape index (κ1) is 18.2. The predicted octanol–water partition coefficient (Wildman–Crippen LogP) is 5.61. The standard InChI is InChI=1S/C20H20F3NO2/c1-13-11-14(3-2-10-24)18-9-8-17(12-19(18)25-13)26-16-6-4-15(5-7-16)20(21,22)23/h2,4-10,12-14H,3,11,24H2,1H3/t13-,14-/m0/s1. The average molecular weight is 363 g/mol. The van der Waals surface area contributed by atoms with Crippen molar-refractivity contribution in [3.8, 4) is 17.2 Å². The van der Waals surface area contributed by atoms with Crippen molar-refractivity contribution in [3.05, 3.63) is 65.9 Å². The zero-order valence-corrected chi connectivity index (χ0v) is 14.3. The maximum Gasteiger partial charge on any atom is 0.416 e. The van der Waals surface area contributed by atoms with Crippen molar-refractivity contribution in [3.63, 3.8) is 0 Å². The number of ether oxygens (including phenoxy) is 2. The van der Waals surface area contributed by atoms with Crippen molar-refractivity contribution < 1.29 is 22.6 Å². The molecule has 0 aliphatic carbocycles. The van der Waals surface area contributed by atoms with Gasteiger partial charge in [-0.1, -0.05) is 12.1 Å². The molecule has 0 amide bonds. The molecule has 3 rings (SSSR count). The first-order valence-corrected chi connectivity index (χ1v) is 8.39. The molecule has 1 aliphatic heterocycles. The minimum Gasteiger partial charge on any atom is -0.490 e. The molecule has 2 aromatic rings. The molecule has 1 heterocycles. The van der Waals surface area contributed by atoms with Crippen LogP contribution in [-0.4, -0.2) is 6.10 Å². The molecule has 0 spiro atoms. The molecule has 0 saturated carbocycles. The van der Waals surface area contributed by atoms with Crippen LogP contribution in [0.2, 0.25) is 0 Å². The van der Waals surface area contributed by atoms with Crippen LogP contribution in [0.5, 0.6) is 17.2 Å². The van der Waals surface area contributed by atoms with E-state index in [-0.39, 0.29) is 6.10 Å². The van der Waals surface area contributed by atoms with Gasteiger partial charge in [-0.15, -0.1) is 0 Å². The van der Waals surface area contributed by atoms with E-state index >= 15 is 0 Å². The molecular formula is C20H20F3NO2. The smallest absolute Gasteiger partial charge is 0.416 e. The topological polar surface area (TPSA) is 44.5 Å². The number of alkyl halides is 3. The Hall–Kier alpha value is -2.63. The van der Waals surface area contributed by atoms with Gasteiger partial charge in [0.15, 0.2) is 0 Å². The summed E-state index contributed by atoms with van der Waals surface area (Å²) in [6.45, 7) is 2.01. The Kier molecular flexibility index (Phi) is 5.11. The second kappa shape index (κ2) is 7.32. The zero-order valence-electron chi connectivity index (χ0n) is 14.3. The van der Waals surface area contributed by atoms with Gasteiger partial charge < -0.3 is 15.2 Å². The Morgan fingerprint density at radius 2 is 1.85 bits per heavy atom. The van der Waals surface area contributed by atoms with Crippen molar-refractivity contribution in [1.82, 2.24) is 0 Å². The Balaban J connectivity index is 1.79. The summed E-state index contributed by atoms with van der Waals surface area (Å²) in [7, 11) is 0. The molecule has 1 aliphatic rings. The summed E-state index contributed by atoms with van der Waals surface area (Å²) in [4.78, 5) is 0. The van der Waals surface area contributed by atoms with Crippen molar-refractivity contribution in [2.45, 2.75) is 38.0 Å². The molecule has 2 atom stereocenters. The highest BCUT2D eigenvalue weighted by Gasteiger charge is 2.30. The monoisotopic (exact) mass is 363 g/mol. The third-order valence-electron chi connectivity index (χ3n) is 4.34. The van der Waals surface area contributed by atoms with Crippen LogP contribution >= 0.6 is 0 Å². The summed E-state index contributed by atoms with van der Waals surface area (Å²) in [5.74, 6) is 1.91. The molecular weight excluding hydrogens is 343 g/mol. The lowest BCUT2D eigenvalue weighted by Gasteiger charge is -2.30. The average Bonchev–Trinajstić information content (AvgIpc) is 2.59. The fourth-order valence-electron chi connectivity index (χ4n) is 3.12. The Morgan fingerprint density at radius 1 is 1.15 bits per heavy atom. The van der Waals surface area contributed by atoms with E-state index in [2.05, 4.69) is 0 Å². The predicted molar refractivity (Wildman–Crippen MR) is 93.4 cm³/mol. The van der Waals surface area contributed by atoms with Gasteiger partial charge in [-0.3, -0.25) is 0 Å². The normalized spacial score (nSPS) is 19.8. The maximum absolute atomic E-state index is 12.6. The van der Waals surface area contributed by atoms with E-state index in [9.17, 15) is 13.2 Å². The van der Waals surface area contributed by atoms with Crippen molar-refractivity contribution >= 4 is 0 Å². The number of benzene rings is 2. The molecule has 0 radical (unpaired) electrons. The van der Waals surface area contributed by atoms with Crippen LogP contribution < -0.4 is 15.2 Å². The van der Waals surface area contributed by atoms with Crippen molar-refractivity contribution in [1.29, 1.82) is 0 Å². The van der Waals surface area contributed by atoms with Gasteiger partial charge in [0.25, 0.3) is 0 Å². The third-order valence-corrected chi connectivity index (χ3v) is 4.34. The number of fused-ring (bicyclic) bond motifs is 1. The molecule has 2 aromatic carbocycles. The van der Waals surface area contributed by atoms with E-state index in [4.69, 9.17) is 15.2 Å². The molecule has 0 bridgehead atoms. The van der Waals surface area contributed by atoms with E-state index in [1.165, 1.54) is 12.1 Å². The summed E-state index contributed by atoms with van der Waals surface area (Å²) in [6.07, 6.45) is 0.912. The van der Waals surface area contributed by atoms with Gasteiger partial charge in [0.05, 0.1) is 11.7 Å². The number of halogens is 3. The van der Waals surface area contributed by atoms with Crippen LogP contribution in [0, 0.1) is 0 Å². The Bertz CT molecular complexity index is 785. The molecule has 0 fully saturated rings. The largest absolute Gasteiger partial charge is 0.490 e. The maximum atomic E-state index is 12.6. The molecule has 138 valence electrons. The van der Waals surface area contributed by atoms with Gasteiger partial charge in [0.2, 0.25) is 0 Å². The van der Waals surface area contributed by atoms with Crippen LogP contribution in [0.25, 0.3) is 0 Å². The number of hydrogen-bond donors (Lipinski definition) is 1. The van der Waals surface area contributed by atoms with Gasteiger partial charge in [-0.25, -0.2) is 0 Å². The van der Waals surface area contributed by atoms with Gasteiger partial charge in [-0.05, 0) is 67.8 Å². The van der Waals surface area contributed by atoms with Gasteiger partial charge in [0, 0.05) is 6.07 Å². The Labute approximate surface area is 150 Å². The molecule has 0 unspecified atom stereocenters. The van der Waals surface area contributed by atoms with E-state index in [1.807, 2.05) is 19.1 Å². The number of nitrogens with two attached hydrogens (primary N) is 1. The lowest BCUT2D eigenvalue weighted by atomic mass is 9.87. The summed E-state index contributed by atoms with van der Waals surface area (Å²) >= 11 is 0. The first-order chi connectivity index (χ1) is 12.4. The van der Waals surface area contributed by atoms with Crippen LogP contribution in [0.3, 0.4) is 0 Å². The Morgan fingerprint density at radius 3 is 2.50 bits per heavy atom. The molecule has 0 aromatic heterocycles. The highest BCUT2D eigenvalue weighted by atomic mass is 19.4. The molecule has 26 heavy (non-hydrogen) atoms. The van der Waals surface area contributed by atoms with Crippen molar-refractivity contribution in [2.24, 2.45) is 5.73 Å². The second-order valence-corrected chi connectivity index (χ2v) is 6.35. The first-order valence-electron chi connectivity index (χ1n) is 8.39. The van der Waals surface area contributed by atoms with Crippen LogP contribution in [0.1, 0.15) is 36.8 Å². The summed E-state index contributed by atoms with van der Waals surface area (Å²) in [5, 5.41) is 0. The SMILES string of the molecule is C[C@H]1C[C@H](CC=CN)c2ccc(Oc3ccc(C(F)(F)F)cc3)cc2O1. The lowest BCUT2D eigenvalue weighted by molar-refractivity contribution is -0.137. The minimum absolute atomic E-state index is 0.0694. The quantitative estimate of drug-likeness (QED) is 0.767. The highest BCUT2D eigenvalue weighted by molar-refractivity contribution is 5.46. The minimum atomic E-state index is -4.36. The van der Waals surface area contributed by atoms with Gasteiger partial charge in [0.1, 0.15) is 17.2 Å². The van der Waals surface area contributed by atoms with Crippen LogP contribution in [0.15, 0.2) is 54.7 Å². The fourth-order valence-corrected chi connectivity index (χ4v) is 3.12. The third kappa shape index (κ3) is 4.12. The fraction of sp³-hybridized carbons (Fsp3) is 0.300. The number of rotatable bonds is 4. The highest BCUT2D eigenvalue weighted by Crippen LogP contribution is 2.41. The second-order valence-electron chi connectivity index (χ2n) is 6.35. The van der Waals surface area contributed by atoms with E-state index in [0.29, 0.717) is 17.4 Å². The zero-order chi connectivity index (χ0) is 18.7. The van der Waals surface area contributed by atoms with E-state index in [0.717, 1.165) is 36.3 Å². The summed E-state index contributed by atoms with van der Waals surface area (Å²) in [5.41, 5.74) is 5.82. The summed E-state index contributed by atoms with van der Waals surface area (Å²) < 4.78 is 49.5. The molecule has 0 saturated heterocycles. The number of allylic oxidation sites excluding steroid dienone is 1. The molecule has 2 N–H and O–H groups in total. The molecule has 3 nitrogen and oxygen atoms in total. The van der Waals surface area contributed by atoms with E-state index < -0.39 is 11.7 Å². The molecule has 6 heteroatoms.